The molecule has 0 atom stereocenters. The average molecular weight is 405 g/mol. The largest absolute Gasteiger partial charge is 0.468 e. The highest BCUT2D eigenvalue weighted by molar-refractivity contribution is 8.13. The number of hydrogen-bond acceptors (Lipinski definition) is 7. The second-order valence-corrected chi connectivity index (χ2v) is 7.74. The van der Waals surface area contributed by atoms with Crippen LogP contribution >= 0.6 is 11.8 Å². The van der Waals surface area contributed by atoms with Crippen molar-refractivity contribution in [3.8, 4) is 0 Å². The molecule has 0 radical (unpaired) electrons. The summed E-state index contributed by atoms with van der Waals surface area (Å²) in [5, 5.41) is -0.324. The Morgan fingerprint density at radius 2 is 1.48 bits per heavy atom. The van der Waals surface area contributed by atoms with E-state index in [-0.39, 0.29) is 18.3 Å². The van der Waals surface area contributed by atoms with Crippen molar-refractivity contribution in [3.05, 3.63) is 0 Å². The summed E-state index contributed by atoms with van der Waals surface area (Å²) in [7, 11) is 5.08. The van der Waals surface area contributed by atoms with Crippen LogP contribution in [0.5, 0.6) is 0 Å². The molecule has 0 aliphatic heterocycles. The summed E-state index contributed by atoms with van der Waals surface area (Å²) in [5.41, 5.74) is 0. The predicted molar refractivity (Wildman–Crippen MR) is 109 cm³/mol. The molecule has 158 valence electrons. The van der Waals surface area contributed by atoms with Crippen molar-refractivity contribution >= 4 is 28.9 Å². The molecule has 0 aliphatic rings. The van der Waals surface area contributed by atoms with Gasteiger partial charge in [-0.2, -0.15) is 0 Å². The Hall–Kier alpha value is -1.28. The van der Waals surface area contributed by atoms with Crippen molar-refractivity contribution in [3.63, 3.8) is 0 Å². The van der Waals surface area contributed by atoms with E-state index in [1.54, 1.807) is 0 Å². The lowest BCUT2D eigenvalue weighted by molar-refractivity contribution is -0.146. The van der Waals surface area contributed by atoms with Gasteiger partial charge in [0, 0.05) is 12.3 Å². The smallest absolute Gasteiger partial charge is 0.325 e. The number of esters is 2. The van der Waals surface area contributed by atoms with E-state index in [1.807, 2.05) is 19.0 Å². The second kappa shape index (κ2) is 16.9. The summed E-state index contributed by atoms with van der Waals surface area (Å²) in [6.45, 7) is 2.77. The summed E-state index contributed by atoms with van der Waals surface area (Å²) >= 11 is 1.08. The number of carbonyl (C=O) groups excluding carboxylic acids is 3. The number of carbonyl (C=O) groups is 3. The second-order valence-electron chi connectivity index (χ2n) is 6.69. The van der Waals surface area contributed by atoms with Gasteiger partial charge >= 0.3 is 11.9 Å². The molecule has 0 heterocycles. The number of hydrogen-bond donors (Lipinski definition) is 0. The molecule has 0 unspecified atom stereocenters. The third-order valence-electron chi connectivity index (χ3n) is 3.90. The lowest BCUT2D eigenvalue weighted by atomic mass is 10.1. The summed E-state index contributed by atoms with van der Waals surface area (Å²) in [4.78, 5) is 38.9. The maximum atomic E-state index is 12.3. The van der Waals surface area contributed by atoms with Crippen LogP contribution in [0, 0.1) is 0 Å². The molecule has 0 rings (SSSR count). The molecule has 0 aromatic rings. The van der Waals surface area contributed by atoms with Crippen molar-refractivity contribution in [1.29, 1.82) is 0 Å². The number of unbranched alkanes of at least 4 members (excludes halogenated alkanes) is 6. The Balaban J connectivity index is 4.17. The summed E-state index contributed by atoms with van der Waals surface area (Å²) in [5.74, 6) is -0.473. The van der Waals surface area contributed by atoms with E-state index in [4.69, 9.17) is 4.74 Å². The predicted octanol–water partition coefficient (Wildman–Crippen LogP) is 3.17. The Kier molecular flexibility index (Phi) is 16.1. The Bertz CT molecular complexity index is 432. The number of thioether (sulfide) groups is 1. The summed E-state index contributed by atoms with van der Waals surface area (Å²) in [6.07, 6.45) is 7.97. The van der Waals surface area contributed by atoms with Crippen LogP contribution in [0.25, 0.3) is 0 Å². The average Bonchev–Trinajstić information content (AvgIpc) is 2.62. The van der Waals surface area contributed by atoms with E-state index in [9.17, 15) is 14.4 Å². The number of amides is 1. The number of nitrogens with zero attached hydrogens (tertiary/aromatic N) is 2. The zero-order valence-corrected chi connectivity index (χ0v) is 18.1. The number of ether oxygens (including phenoxy) is 2. The normalized spacial score (nSPS) is 10.7. The first-order valence-corrected chi connectivity index (χ1v) is 10.7. The molecule has 0 N–H and O–H groups in total. The quantitative estimate of drug-likeness (QED) is 0.306. The van der Waals surface area contributed by atoms with E-state index in [0.717, 1.165) is 37.6 Å². The highest BCUT2D eigenvalue weighted by Gasteiger charge is 2.21. The van der Waals surface area contributed by atoms with E-state index in [0.29, 0.717) is 12.4 Å². The third-order valence-corrected chi connectivity index (χ3v) is 4.79. The summed E-state index contributed by atoms with van der Waals surface area (Å²) in [6, 6.07) is 0. The molecule has 0 spiro atoms. The van der Waals surface area contributed by atoms with E-state index < -0.39 is 11.9 Å². The van der Waals surface area contributed by atoms with Crippen LogP contribution in [0.4, 0.5) is 4.79 Å². The van der Waals surface area contributed by atoms with Gasteiger partial charge in [-0.15, -0.1) is 0 Å². The Morgan fingerprint density at radius 1 is 0.889 bits per heavy atom. The lowest BCUT2D eigenvalue weighted by Gasteiger charge is -2.20. The fourth-order valence-corrected chi connectivity index (χ4v) is 3.20. The van der Waals surface area contributed by atoms with Gasteiger partial charge in [0.1, 0.15) is 13.1 Å². The van der Waals surface area contributed by atoms with Crippen LogP contribution in [0.1, 0.15) is 51.9 Å². The van der Waals surface area contributed by atoms with Crippen LogP contribution in [0.2, 0.25) is 0 Å². The zero-order chi connectivity index (χ0) is 20.5. The van der Waals surface area contributed by atoms with Gasteiger partial charge in [-0.25, -0.2) is 0 Å². The maximum absolute atomic E-state index is 12.3. The molecule has 0 aliphatic carbocycles. The van der Waals surface area contributed by atoms with Crippen molar-refractivity contribution in [2.45, 2.75) is 51.9 Å². The molecule has 27 heavy (non-hydrogen) atoms. The Labute approximate surface area is 168 Å². The number of rotatable bonds is 15. The van der Waals surface area contributed by atoms with Crippen molar-refractivity contribution in [2.24, 2.45) is 0 Å². The van der Waals surface area contributed by atoms with Crippen LogP contribution in [0.15, 0.2) is 0 Å². The van der Waals surface area contributed by atoms with Gasteiger partial charge < -0.3 is 19.3 Å². The molecule has 0 aromatic carbocycles. The molecule has 0 saturated carbocycles. The minimum atomic E-state index is -0.559. The van der Waals surface area contributed by atoms with Gasteiger partial charge in [-0.05, 0) is 20.5 Å². The van der Waals surface area contributed by atoms with Gasteiger partial charge in [-0.1, -0.05) is 57.2 Å². The Morgan fingerprint density at radius 3 is 2.07 bits per heavy atom. The molecular weight excluding hydrogens is 368 g/mol. The van der Waals surface area contributed by atoms with Crippen LogP contribution in [0.3, 0.4) is 0 Å². The van der Waals surface area contributed by atoms with Gasteiger partial charge in [-0.3, -0.25) is 14.4 Å². The molecule has 0 aromatic heterocycles. The topological polar surface area (TPSA) is 76.1 Å². The van der Waals surface area contributed by atoms with Gasteiger partial charge in [0.05, 0.1) is 13.7 Å². The molecule has 1 amide bonds. The highest BCUT2D eigenvalue weighted by Crippen LogP contribution is 2.10. The minimum absolute atomic E-state index is 0.237. The molecule has 0 fully saturated rings. The van der Waals surface area contributed by atoms with Crippen LogP contribution in [-0.2, 0) is 19.1 Å². The molecule has 0 bridgehead atoms. The van der Waals surface area contributed by atoms with E-state index >= 15 is 0 Å². The highest BCUT2D eigenvalue weighted by atomic mass is 32.2. The zero-order valence-electron chi connectivity index (χ0n) is 17.3. The van der Waals surface area contributed by atoms with Crippen molar-refractivity contribution in [2.75, 3.05) is 53.2 Å². The fraction of sp³-hybridized carbons (Fsp3) is 0.842. The molecule has 0 saturated heterocycles. The molecular formula is C19H36N2O5S. The van der Waals surface area contributed by atoms with Crippen LogP contribution in [-0.4, -0.2) is 80.2 Å². The molecule has 8 heteroatoms. The van der Waals surface area contributed by atoms with Gasteiger partial charge in [0.2, 0.25) is 0 Å². The summed E-state index contributed by atoms with van der Waals surface area (Å²) < 4.78 is 9.81. The van der Waals surface area contributed by atoms with Crippen molar-refractivity contribution < 1.29 is 23.9 Å². The van der Waals surface area contributed by atoms with Crippen LogP contribution < -0.4 is 0 Å². The monoisotopic (exact) mass is 404 g/mol. The number of methoxy groups -OCH3 is 1. The van der Waals surface area contributed by atoms with Gasteiger partial charge in [0.25, 0.3) is 5.24 Å². The van der Waals surface area contributed by atoms with Gasteiger partial charge in [0.15, 0.2) is 0 Å². The standard InChI is InChI=1S/C19H36N2O5S/c1-5-6-7-8-9-10-11-13-26-18(23)16-21(15-17(22)25-4)19(24)27-14-12-20(2)3/h5-16H2,1-4H3. The lowest BCUT2D eigenvalue weighted by Crippen LogP contribution is -2.38. The third kappa shape index (κ3) is 15.5. The van der Waals surface area contributed by atoms with E-state index in [2.05, 4.69) is 11.7 Å². The fourth-order valence-electron chi connectivity index (χ4n) is 2.26. The SMILES string of the molecule is CCCCCCCCCOC(=O)CN(CC(=O)OC)C(=O)SCCN(C)C. The van der Waals surface area contributed by atoms with E-state index in [1.165, 1.54) is 37.7 Å². The molecule has 7 nitrogen and oxygen atoms in total. The minimum Gasteiger partial charge on any atom is -0.468 e. The first-order valence-electron chi connectivity index (χ1n) is 9.69. The first-order chi connectivity index (χ1) is 12.9. The van der Waals surface area contributed by atoms with Crippen molar-refractivity contribution in [1.82, 2.24) is 9.80 Å². The maximum Gasteiger partial charge on any atom is 0.325 e. The first kappa shape index (κ1) is 25.7.